The van der Waals surface area contributed by atoms with E-state index in [2.05, 4.69) is 4.72 Å². The first-order valence-corrected chi connectivity index (χ1v) is 6.88. The summed E-state index contributed by atoms with van der Waals surface area (Å²) in [6, 6.07) is 0. The van der Waals surface area contributed by atoms with Crippen molar-refractivity contribution in [2.24, 2.45) is 5.73 Å². The third-order valence-corrected chi connectivity index (χ3v) is 4.50. The Bertz CT molecular complexity index is 304. The number of sulfonamides is 1. The van der Waals surface area contributed by atoms with E-state index in [1.54, 1.807) is 0 Å². The predicted molar refractivity (Wildman–Crippen MR) is 59.0 cm³/mol. The van der Waals surface area contributed by atoms with Crippen LogP contribution in [0.5, 0.6) is 0 Å². The molecule has 90 valence electrons. The fourth-order valence-electron chi connectivity index (χ4n) is 1.65. The summed E-state index contributed by atoms with van der Waals surface area (Å²) < 4.78 is 31.4. The molecule has 0 saturated carbocycles. The first-order valence-electron chi connectivity index (χ1n) is 5.23. The van der Waals surface area contributed by atoms with E-state index in [1.807, 2.05) is 13.8 Å². The number of hydrogen-bond acceptors (Lipinski definition) is 4. The van der Waals surface area contributed by atoms with Gasteiger partial charge in [-0.1, -0.05) is 0 Å². The van der Waals surface area contributed by atoms with Gasteiger partial charge in [0.2, 0.25) is 10.0 Å². The monoisotopic (exact) mass is 236 g/mol. The molecule has 0 aromatic carbocycles. The Hall–Kier alpha value is -0.170. The zero-order valence-electron chi connectivity index (χ0n) is 9.32. The highest BCUT2D eigenvalue weighted by molar-refractivity contribution is 7.89. The van der Waals surface area contributed by atoms with Crippen LogP contribution in [0.2, 0.25) is 0 Å². The molecule has 2 atom stereocenters. The molecule has 1 aliphatic heterocycles. The van der Waals surface area contributed by atoms with Crippen molar-refractivity contribution in [3.8, 4) is 0 Å². The molecule has 15 heavy (non-hydrogen) atoms. The molecule has 1 saturated heterocycles. The topological polar surface area (TPSA) is 81.4 Å². The highest BCUT2D eigenvalue weighted by Gasteiger charge is 2.39. The minimum Gasteiger partial charge on any atom is -0.376 e. The average Bonchev–Trinajstić information content (AvgIpc) is 2.43. The van der Waals surface area contributed by atoms with Crippen molar-refractivity contribution >= 4 is 10.0 Å². The Kier molecular flexibility index (Phi) is 4.11. The highest BCUT2D eigenvalue weighted by atomic mass is 32.2. The van der Waals surface area contributed by atoms with E-state index in [0.29, 0.717) is 19.6 Å². The SMILES string of the molecule is CC1OCCC1(C)NS(=O)(=O)CCCN. The smallest absolute Gasteiger partial charge is 0.212 e. The Labute approximate surface area is 91.4 Å². The fourth-order valence-corrected chi connectivity index (χ4v) is 3.28. The first-order chi connectivity index (χ1) is 6.90. The Morgan fingerprint density at radius 2 is 2.27 bits per heavy atom. The summed E-state index contributed by atoms with van der Waals surface area (Å²) >= 11 is 0. The predicted octanol–water partition coefficient (Wildman–Crippen LogP) is -0.178. The van der Waals surface area contributed by atoms with E-state index in [0.717, 1.165) is 6.42 Å². The molecular weight excluding hydrogens is 216 g/mol. The van der Waals surface area contributed by atoms with E-state index in [9.17, 15) is 8.42 Å². The van der Waals surface area contributed by atoms with Gasteiger partial charge < -0.3 is 10.5 Å². The van der Waals surface area contributed by atoms with Crippen LogP contribution in [0.3, 0.4) is 0 Å². The lowest BCUT2D eigenvalue weighted by molar-refractivity contribution is 0.0957. The molecule has 1 aliphatic rings. The summed E-state index contributed by atoms with van der Waals surface area (Å²) in [6.07, 6.45) is 1.13. The van der Waals surface area contributed by atoms with Crippen LogP contribution in [0.25, 0.3) is 0 Å². The molecule has 5 nitrogen and oxygen atoms in total. The maximum atomic E-state index is 11.7. The van der Waals surface area contributed by atoms with Gasteiger partial charge in [0.25, 0.3) is 0 Å². The maximum Gasteiger partial charge on any atom is 0.212 e. The molecule has 1 fully saturated rings. The van der Waals surface area contributed by atoms with Crippen LogP contribution >= 0.6 is 0 Å². The third-order valence-electron chi connectivity index (χ3n) is 2.89. The molecule has 0 amide bonds. The van der Waals surface area contributed by atoms with Gasteiger partial charge in [-0.3, -0.25) is 0 Å². The molecule has 1 heterocycles. The van der Waals surface area contributed by atoms with E-state index >= 15 is 0 Å². The summed E-state index contributed by atoms with van der Waals surface area (Å²) in [5, 5.41) is 0. The molecule has 0 aromatic heterocycles. The number of nitrogens with one attached hydrogen (secondary N) is 1. The quantitative estimate of drug-likeness (QED) is 0.694. The average molecular weight is 236 g/mol. The van der Waals surface area contributed by atoms with Crippen molar-refractivity contribution in [3.05, 3.63) is 0 Å². The van der Waals surface area contributed by atoms with Crippen molar-refractivity contribution in [1.29, 1.82) is 0 Å². The number of nitrogens with two attached hydrogens (primary N) is 1. The van der Waals surface area contributed by atoms with Gasteiger partial charge in [0, 0.05) is 6.61 Å². The fraction of sp³-hybridized carbons (Fsp3) is 1.00. The number of hydrogen-bond donors (Lipinski definition) is 2. The summed E-state index contributed by atoms with van der Waals surface area (Å²) in [5.74, 6) is 0.0891. The maximum absolute atomic E-state index is 11.7. The van der Waals surface area contributed by atoms with E-state index in [-0.39, 0.29) is 11.9 Å². The first kappa shape index (κ1) is 12.9. The number of rotatable bonds is 5. The van der Waals surface area contributed by atoms with E-state index in [1.165, 1.54) is 0 Å². The van der Waals surface area contributed by atoms with Crippen LogP contribution in [-0.4, -0.2) is 39.0 Å². The van der Waals surface area contributed by atoms with E-state index in [4.69, 9.17) is 10.5 Å². The van der Waals surface area contributed by atoms with Crippen LogP contribution in [0.4, 0.5) is 0 Å². The van der Waals surface area contributed by atoms with Crippen molar-refractivity contribution in [1.82, 2.24) is 4.72 Å². The Balaban J connectivity index is 2.60. The second kappa shape index (κ2) is 4.78. The van der Waals surface area contributed by atoms with Crippen LogP contribution in [-0.2, 0) is 14.8 Å². The van der Waals surface area contributed by atoms with Gasteiger partial charge in [0.15, 0.2) is 0 Å². The van der Waals surface area contributed by atoms with Crippen molar-refractivity contribution in [3.63, 3.8) is 0 Å². The zero-order valence-corrected chi connectivity index (χ0v) is 10.1. The largest absolute Gasteiger partial charge is 0.376 e. The summed E-state index contributed by atoms with van der Waals surface area (Å²) in [4.78, 5) is 0. The van der Waals surface area contributed by atoms with E-state index < -0.39 is 15.6 Å². The third kappa shape index (κ3) is 3.41. The molecule has 0 spiro atoms. The van der Waals surface area contributed by atoms with Crippen LogP contribution in [0.15, 0.2) is 0 Å². The summed E-state index contributed by atoms with van der Waals surface area (Å²) in [5.41, 5.74) is 4.82. The second-order valence-corrected chi connectivity index (χ2v) is 6.09. The molecule has 0 aromatic rings. The van der Waals surface area contributed by atoms with Crippen molar-refractivity contribution in [2.75, 3.05) is 18.9 Å². The summed E-state index contributed by atoms with van der Waals surface area (Å²) in [6.45, 7) is 4.77. The second-order valence-electron chi connectivity index (χ2n) is 4.24. The molecule has 6 heteroatoms. The standard InChI is InChI=1S/C9H20N2O3S/c1-8-9(2,4-6-14-8)11-15(12,13)7-3-5-10/h8,11H,3-7,10H2,1-2H3. The molecule has 0 bridgehead atoms. The Morgan fingerprint density at radius 3 is 2.73 bits per heavy atom. The zero-order chi connectivity index (χ0) is 11.5. The summed E-state index contributed by atoms with van der Waals surface area (Å²) in [7, 11) is -3.23. The van der Waals surface area contributed by atoms with Gasteiger partial charge in [-0.15, -0.1) is 0 Å². The van der Waals surface area contributed by atoms with Gasteiger partial charge >= 0.3 is 0 Å². The van der Waals surface area contributed by atoms with Gasteiger partial charge in [-0.05, 0) is 33.2 Å². The minimum atomic E-state index is -3.23. The van der Waals surface area contributed by atoms with Gasteiger partial charge in [-0.25, -0.2) is 13.1 Å². The lowest BCUT2D eigenvalue weighted by Gasteiger charge is -2.28. The normalized spacial score (nSPS) is 32.1. The molecule has 0 aliphatic carbocycles. The van der Waals surface area contributed by atoms with Crippen molar-refractivity contribution in [2.45, 2.75) is 38.3 Å². The van der Waals surface area contributed by atoms with Crippen LogP contribution < -0.4 is 10.5 Å². The molecule has 3 N–H and O–H groups in total. The lowest BCUT2D eigenvalue weighted by atomic mass is 9.97. The van der Waals surface area contributed by atoms with Crippen LogP contribution in [0, 0.1) is 0 Å². The Morgan fingerprint density at radius 1 is 1.60 bits per heavy atom. The molecular formula is C9H20N2O3S. The lowest BCUT2D eigenvalue weighted by Crippen LogP contribution is -2.51. The highest BCUT2D eigenvalue weighted by Crippen LogP contribution is 2.25. The van der Waals surface area contributed by atoms with Gasteiger partial charge in [-0.2, -0.15) is 0 Å². The number of ether oxygens (including phenoxy) is 1. The van der Waals surface area contributed by atoms with Gasteiger partial charge in [0.05, 0.1) is 17.4 Å². The molecule has 0 radical (unpaired) electrons. The molecule has 1 rings (SSSR count). The van der Waals surface area contributed by atoms with Crippen LogP contribution in [0.1, 0.15) is 26.7 Å². The van der Waals surface area contributed by atoms with Gasteiger partial charge in [0.1, 0.15) is 0 Å². The molecule has 2 unspecified atom stereocenters. The van der Waals surface area contributed by atoms with Crippen molar-refractivity contribution < 1.29 is 13.2 Å². The minimum absolute atomic E-state index is 0.0786.